The second kappa shape index (κ2) is 64.2. The van der Waals surface area contributed by atoms with Gasteiger partial charge in [-0.1, -0.05) is 141 Å². The first kappa shape index (κ1) is 120. The van der Waals surface area contributed by atoms with E-state index in [2.05, 4.69) is 134 Å². The second-order valence-electron chi connectivity index (χ2n) is 32.8. The van der Waals surface area contributed by atoms with Gasteiger partial charge in [0, 0.05) is 107 Å². The Morgan fingerprint density at radius 1 is 0.504 bits per heavy atom. The van der Waals surface area contributed by atoms with Crippen LogP contribution >= 0.6 is 81.8 Å². The van der Waals surface area contributed by atoms with E-state index in [4.69, 9.17) is 58.4 Å². The molecule has 4 aromatic carbocycles. The van der Waals surface area contributed by atoms with Crippen molar-refractivity contribution in [2.24, 2.45) is 37.9 Å². The number of carbonyl (C=O) groups is 8. The number of ether oxygens (including phenoxy) is 4. The molecule has 131 heavy (non-hydrogen) atoms. The van der Waals surface area contributed by atoms with Crippen LogP contribution in [-0.2, 0) is 95.4 Å². The Balaban J connectivity index is 0.00000163. The Labute approximate surface area is 896 Å². The minimum Gasteiger partial charge on any atom is -1.00 e. The molecule has 0 fully saturated rings. The molecule has 29 nitrogen and oxygen atoms in total. The number of carboxylic acid groups (broad SMARTS) is 1. The third kappa shape index (κ3) is 52.1. The van der Waals surface area contributed by atoms with E-state index in [1.807, 2.05) is 214 Å². The fraction of sp³-hybridized carbons (Fsp3) is 0.430. The van der Waals surface area contributed by atoms with Gasteiger partial charge in [-0.2, -0.15) is 0 Å². The zero-order valence-electron chi connectivity index (χ0n) is 80.4. The molecular weight excluding hydrogens is 1990 g/mol. The van der Waals surface area contributed by atoms with Gasteiger partial charge >= 0.3 is 133 Å². The van der Waals surface area contributed by atoms with Crippen molar-refractivity contribution in [1.29, 1.82) is 0 Å². The van der Waals surface area contributed by atoms with Crippen molar-refractivity contribution in [2.75, 3.05) is 32.1 Å². The number of carboxylic acids is 1. The Morgan fingerprint density at radius 3 is 1.08 bits per heavy atom. The Morgan fingerprint density at radius 2 is 0.794 bits per heavy atom. The number of fused-ring (bicyclic) bond motifs is 3. The zero-order chi connectivity index (χ0) is 97.3. The van der Waals surface area contributed by atoms with E-state index in [-0.39, 0.29) is 141 Å². The maximum Gasteiger partial charge on any atom is 1.00 e. The number of amides is 6. The summed E-state index contributed by atoms with van der Waals surface area (Å²) < 4.78 is 38.2. The van der Waals surface area contributed by atoms with E-state index in [1.54, 1.807) is 17.4 Å². The number of amidine groups is 3. The molecule has 6 heterocycles. The molecule has 0 unspecified atom stereocenters. The number of nitrogens with two attached hydrogens (primary N) is 4. The van der Waals surface area contributed by atoms with Crippen molar-refractivity contribution in [3.05, 3.63) is 204 Å². The van der Waals surface area contributed by atoms with Gasteiger partial charge in [-0.05, 0) is 233 Å². The van der Waals surface area contributed by atoms with Gasteiger partial charge in [-0.15, -0.1) is 34.0 Å². The van der Waals surface area contributed by atoms with E-state index in [1.165, 1.54) is 34.7 Å². The number of aliphatic imine (C=N–C) groups is 3. The molecule has 7 aromatic rings. The van der Waals surface area contributed by atoms with E-state index < -0.39 is 53.8 Å². The molecular formula is C93H128Br3FK2N14O15S3. The summed E-state index contributed by atoms with van der Waals surface area (Å²) in [6.45, 7) is 36.6. The van der Waals surface area contributed by atoms with Gasteiger partial charge in [-0.25, -0.2) is 38.9 Å². The number of rotatable bonds is 26. The third-order valence-electron chi connectivity index (χ3n) is 16.7. The monoisotopic (exact) mass is 2110 g/mol. The molecule has 0 saturated carbocycles. The molecule has 0 saturated heterocycles. The largest absolute Gasteiger partial charge is 1.00 e. The summed E-state index contributed by atoms with van der Waals surface area (Å²) >= 11 is 14.6. The van der Waals surface area contributed by atoms with Crippen LogP contribution in [0.5, 0.6) is 0 Å². The maximum atomic E-state index is 13.4. The minimum absolute atomic E-state index is 0. The van der Waals surface area contributed by atoms with Crippen molar-refractivity contribution < 1.29 is 183 Å². The standard InChI is InChI=1S/C25H31BrN4O3S.C25H32N4O3S.C16H26N2O2.C13H20N2O2.C9H7BrN2O2S.C3H7Br.CH3F.CH2O3.2K.H/c1-5-10-30(23(31)18-11-20-19(13-21(26)34-20)29-22(27)12-18)15-17-8-6-16(7-9-17)14-28-24(32)33-25(2,3)4;1-5-11-29(23(30)19-13-21-20(10-12-33-21)28-22(26)14-19)16-18-8-6-17(7-9-18)15-27-24(31)32-25(2,3)4;1-5-10-17-11-13-6-8-14(9-7-13)12-18-15(19)20-16(2,3)4;1-13(2,3)17-12(16)15-9-11-6-4-10(8-14)5-7-11;10-7-3-5-6(15-7)1-4(9(13)14)2-8(11)12-5;1-2-3-4;1-2;2-1-4-3;;;/h6-9,11,13H,5,10,12,14-15H2,1-4H3,(H2,27,29)(H,28,32);6-10,12-13H,5,11,14-16H2,1-4H3,(H2,26,28)(H,27,31);6-9,17H,5,10-12H2,1-4H3,(H,18,19);4-7H,8-9,14H2,1-3H3,(H,15,16);1,3H,2H2,(H2,11,12)(H,13,14);2-3H2,1H3;1H3;1,3H;;;/q;;;;;;;;2*+1;-1/p-1/i;;;;;;1D;;;;. The van der Waals surface area contributed by atoms with Gasteiger partial charge < -0.3 is 94.9 Å². The number of alkyl carbamates (subject to hydrolysis) is 4. The normalized spacial score (nSPS) is 12.2. The van der Waals surface area contributed by atoms with Gasteiger partial charge in [-0.3, -0.25) is 18.8 Å². The van der Waals surface area contributed by atoms with Crippen LogP contribution in [-0.4, -0.2) is 136 Å². The first-order chi connectivity index (χ1) is 61.3. The molecule has 14 N–H and O–H groups in total. The number of aliphatic carboxylic acids is 1. The van der Waals surface area contributed by atoms with Crippen LogP contribution in [0, 0.1) is 0 Å². The average Bonchev–Trinajstić information content (AvgIpc) is 1.70. The zero-order valence-corrected chi connectivity index (χ0v) is 91.9. The summed E-state index contributed by atoms with van der Waals surface area (Å²) in [6.07, 6.45) is 8.69. The third-order valence-corrected chi connectivity index (χ3v) is 21.5. The number of carbonyl (C=O) groups excluding carboxylic acids is 7. The molecule has 3 aliphatic rings. The Bertz CT molecular complexity index is 4920. The Kier molecular flexibility index (Phi) is 58.9. The number of alkyl halides is 2. The summed E-state index contributed by atoms with van der Waals surface area (Å²) in [4.78, 5) is 115. The molecule has 0 radical (unpaired) electrons. The second-order valence-corrected chi connectivity index (χ2v) is 39.5. The van der Waals surface area contributed by atoms with Crippen LogP contribution in [0.25, 0.3) is 18.2 Å². The molecule has 38 heteroatoms. The van der Waals surface area contributed by atoms with Crippen LogP contribution < -0.4 is 158 Å². The number of thiophene rings is 3. The molecule has 0 aliphatic carbocycles. The maximum absolute atomic E-state index is 13.4. The van der Waals surface area contributed by atoms with Crippen LogP contribution in [0.2, 0.25) is 0 Å². The smallest absolute Gasteiger partial charge is 1.00 e. The summed E-state index contributed by atoms with van der Waals surface area (Å²) in [5.74, 6) is 0.199. The molecule has 0 bridgehead atoms. The summed E-state index contributed by atoms with van der Waals surface area (Å²) in [6, 6.07) is 37.4. The van der Waals surface area contributed by atoms with E-state index in [0.717, 1.165) is 116 Å². The molecule has 10 rings (SSSR count). The van der Waals surface area contributed by atoms with Crippen molar-refractivity contribution >= 4 is 183 Å². The number of hydrogen-bond acceptors (Lipinski definition) is 25. The Hall–Kier alpha value is -6.91. The average molecular weight is 2120 g/mol. The van der Waals surface area contributed by atoms with Crippen molar-refractivity contribution in [3.63, 3.8) is 0 Å². The van der Waals surface area contributed by atoms with Gasteiger partial charge in [0.15, 0.2) is 0 Å². The summed E-state index contributed by atoms with van der Waals surface area (Å²) in [5, 5.41) is 34.8. The number of hydrogen-bond donors (Lipinski definition) is 10. The van der Waals surface area contributed by atoms with Gasteiger partial charge in [0.25, 0.3) is 18.3 Å². The van der Waals surface area contributed by atoms with Gasteiger partial charge in [0.1, 0.15) is 39.9 Å². The molecule has 0 spiro atoms. The van der Waals surface area contributed by atoms with Crippen molar-refractivity contribution in [2.45, 2.75) is 230 Å². The predicted molar refractivity (Wildman–Crippen MR) is 526 cm³/mol. The number of benzene rings is 4. The first-order valence-corrected chi connectivity index (χ1v) is 46.8. The van der Waals surface area contributed by atoms with E-state index in [0.29, 0.717) is 100 Å². The quantitative estimate of drug-likeness (QED) is 0.00458. The van der Waals surface area contributed by atoms with E-state index in [9.17, 15) is 38.0 Å². The molecule has 0 atom stereocenters. The van der Waals surface area contributed by atoms with Gasteiger partial charge in [0.05, 0.1) is 47.8 Å². The topological polar surface area (TPSA) is 434 Å². The molecule has 708 valence electrons. The van der Waals surface area contributed by atoms with Crippen LogP contribution in [0.1, 0.15) is 218 Å². The predicted octanol–water partition coefficient (Wildman–Crippen LogP) is 13.4. The fourth-order valence-corrected chi connectivity index (χ4v) is 15.0. The van der Waals surface area contributed by atoms with Crippen molar-refractivity contribution in [1.82, 2.24) is 36.4 Å². The molecule has 6 amide bonds. The molecule has 3 aromatic heterocycles. The van der Waals surface area contributed by atoms with Crippen LogP contribution in [0.15, 0.2) is 160 Å². The fourth-order valence-electron chi connectivity index (χ4n) is 11.2. The van der Waals surface area contributed by atoms with E-state index >= 15 is 0 Å². The number of nitrogens with one attached hydrogen (secondary N) is 5. The summed E-state index contributed by atoms with van der Waals surface area (Å²) in [7, 11) is -1.00. The first-order valence-electron chi connectivity index (χ1n) is 42.3. The number of nitrogens with zero attached hydrogens (tertiary/aromatic N) is 5. The minimum atomic E-state index is -1.00. The van der Waals surface area contributed by atoms with Gasteiger partial charge in [0.2, 0.25) is 0 Å². The molecule has 3 aliphatic heterocycles. The van der Waals surface area contributed by atoms with Crippen LogP contribution in [0.3, 0.4) is 0 Å². The number of halogens is 4. The van der Waals surface area contributed by atoms with Crippen LogP contribution in [0.4, 0.5) is 40.6 Å². The SMILES string of the molecule is CC(C)(C)OC(=O)NCc1ccc(CN)cc1.CCCBr.CCCN(Cc1ccc(CNC(=O)OC(C)(C)C)cc1)C(=O)C1=Cc2sc(Br)cc2N=C(N)C1.CCCN(Cc1ccc(CNC(=O)OC(C)(C)C)cc1)C(=O)C1=Cc2sccc2N=C(N)C1.CCCNCc1ccc(CNC(=O)OC(C)(C)C)cc1.NC1=Nc2cc(Br)sc2C=C(C(=O)O)C1.O=CO[O-].[2H]CF.[H-].[K+].[K+]. The van der Waals surface area contributed by atoms with Crippen molar-refractivity contribution in [3.8, 4) is 0 Å². The summed E-state index contributed by atoms with van der Waals surface area (Å²) in [5.41, 5.74) is 33.6.